The lowest BCUT2D eigenvalue weighted by Gasteiger charge is -2.18. The van der Waals surface area contributed by atoms with E-state index in [1.807, 2.05) is 25.1 Å². The molecule has 1 N–H and O–H groups in total. The van der Waals surface area contributed by atoms with E-state index >= 15 is 0 Å². The van der Waals surface area contributed by atoms with Crippen molar-refractivity contribution < 1.29 is 13.2 Å². The van der Waals surface area contributed by atoms with Crippen LogP contribution in [0.5, 0.6) is 5.75 Å². The average molecular weight is 317 g/mol. The first kappa shape index (κ1) is 15.1. The molecule has 0 saturated heterocycles. The molecule has 1 aliphatic rings. The fraction of sp³-hybridized carbons (Fsp3) is 0.294. The molecule has 2 aromatic carbocycles. The third kappa shape index (κ3) is 3.31. The van der Waals surface area contributed by atoms with Crippen LogP contribution in [0.1, 0.15) is 23.1 Å². The first-order valence-corrected chi connectivity index (χ1v) is 8.84. The van der Waals surface area contributed by atoms with E-state index in [4.69, 9.17) is 4.74 Å². The van der Waals surface area contributed by atoms with Gasteiger partial charge in [0.05, 0.1) is 11.5 Å². The molecular weight excluding hydrogens is 298 g/mol. The topological polar surface area (TPSA) is 55.4 Å². The van der Waals surface area contributed by atoms with E-state index in [0.29, 0.717) is 4.90 Å². The van der Waals surface area contributed by atoms with E-state index in [0.717, 1.165) is 41.9 Å². The Morgan fingerprint density at radius 1 is 1.14 bits per heavy atom. The summed E-state index contributed by atoms with van der Waals surface area (Å²) in [7, 11) is -3.48. The molecule has 0 unspecified atom stereocenters. The van der Waals surface area contributed by atoms with E-state index in [9.17, 15) is 8.42 Å². The highest BCUT2D eigenvalue weighted by Gasteiger charge is 2.15. The van der Waals surface area contributed by atoms with Gasteiger partial charge in [-0.3, -0.25) is 0 Å². The third-order valence-electron chi connectivity index (χ3n) is 3.77. The fourth-order valence-corrected chi connectivity index (χ4v) is 3.52. The zero-order chi connectivity index (χ0) is 15.6. The molecule has 0 saturated carbocycles. The minimum Gasteiger partial charge on any atom is -0.493 e. The van der Waals surface area contributed by atoms with Crippen molar-refractivity contribution in [1.29, 1.82) is 0 Å². The first-order valence-electron chi connectivity index (χ1n) is 7.35. The van der Waals surface area contributed by atoms with Crippen LogP contribution in [0.15, 0.2) is 47.4 Å². The van der Waals surface area contributed by atoms with Crippen molar-refractivity contribution in [2.75, 3.05) is 6.61 Å². The molecule has 4 nitrogen and oxygen atoms in total. The summed E-state index contributed by atoms with van der Waals surface area (Å²) in [5.74, 6) is 0.913. The van der Waals surface area contributed by atoms with Gasteiger partial charge in [0.15, 0.2) is 0 Å². The minimum absolute atomic E-state index is 0.281. The number of rotatable bonds is 4. The zero-order valence-electron chi connectivity index (χ0n) is 12.5. The van der Waals surface area contributed by atoms with E-state index in [1.54, 1.807) is 24.3 Å². The quantitative estimate of drug-likeness (QED) is 0.943. The summed E-state index contributed by atoms with van der Waals surface area (Å²) in [6.45, 7) is 2.97. The lowest BCUT2D eigenvalue weighted by Crippen LogP contribution is -2.23. The number of fused-ring (bicyclic) bond motifs is 1. The van der Waals surface area contributed by atoms with Gasteiger partial charge in [-0.05, 0) is 49.1 Å². The molecule has 5 heteroatoms. The molecule has 0 aliphatic carbocycles. The highest BCUT2D eigenvalue weighted by Crippen LogP contribution is 2.25. The van der Waals surface area contributed by atoms with E-state index in [1.165, 1.54) is 0 Å². The van der Waals surface area contributed by atoms with E-state index in [-0.39, 0.29) is 6.54 Å². The largest absolute Gasteiger partial charge is 0.493 e. The molecule has 0 aromatic heterocycles. The molecule has 0 spiro atoms. The first-order chi connectivity index (χ1) is 10.5. The van der Waals surface area contributed by atoms with Crippen molar-refractivity contribution in [2.45, 2.75) is 31.2 Å². The third-order valence-corrected chi connectivity index (χ3v) is 5.19. The lowest BCUT2D eigenvalue weighted by molar-refractivity contribution is 0.288. The Kier molecular flexibility index (Phi) is 4.18. The van der Waals surface area contributed by atoms with Gasteiger partial charge in [0.2, 0.25) is 10.0 Å². The fourth-order valence-electron chi connectivity index (χ4n) is 2.50. The van der Waals surface area contributed by atoms with Crippen molar-refractivity contribution in [3.63, 3.8) is 0 Å². The Balaban J connectivity index is 1.73. The van der Waals surface area contributed by atoms with Crippen LogP contribution in [-0.2, 0) is 23.0 Å². The number of hydrogen-bond donors (Lipinski definition) is 1. The van der Waals surface area contributed by atoms with Crippen molar-refractivity contribution in [3.8, 4) is 5.75 Å². The monoisotopic (exact) mass is 317 g/mol. The molecule has 3 rings (SSSR count). The number of hydrogen-bond acceptors (Lipinski definition) is 3. The van der Waals surface area contributed by atoms with Gasteiger partial charge >= 0.3 is 0 Å². The Labute approximate surface area is 131 Å². The molecule has 1 aliphatic heterocycles. The maximum Gasteiger partial charge on any atom is 0.240 e. The summed E-state index contributed by atoms with van der Waals surface area (Å²) in [5.41, 5.74) is 3.13. The lowest BCUT2D eigenvalue weighted by atomic mass is 10.0. The number of nitrogens with one attached hydrogen (secondary N) is 1. The van der Waals surface area contributed by atoms with Crippen LogP contribution in [0.3, 0.4) is 0 Å². The second-order valence-electron chi connectivity index (χ2n) is 5.53. The van der Waals surface area contributed by atoms with Crippen molar-refractivity contribution in [3.05, 3.63) is 59.2 Å². The van der Waals surface area contributed by atoms with Gasteiger partial charge < -0.3 is 4.74 Å². The Bertz CT molecular complexity index is 767. The van der Waals surface area contributed by atoms with E-state index in [2.05, 4.69) is 4.72 Å². The summed E-state index contributed by atoms with van der Waals surface area (Å²) >= 11 is 0. The molecule has 0 atom stereocenters. The summed E-state index contributed by atoms with van der Waals surface area (Å²) in [6, 6.07) is 12.7. The highest BCUT2D eigenvalue weighted by atomic mass is 32.2. The van der Waals surface area contributed by atoms with Crippen LogP contribution in [0.25, 0.3) is 0 Å². The van der Waals surface area contributed by atoms with Gasteiger partial charge in [-0.2, -0.15) is 0 Å². The SMILES string of the molecule is Cc1ccc(S(=O)(=O)NCc2ccc3c(c2)CCCO3)cc1. The standard InChI is InChI=1S/C17H19NO3S/c1-13-4-7-16(8-5-13)22(19,20)18-12-14-6-9-17-15(11-14)3-2-10-21-17/h4-9,11,18H,2-3,10,12H2,1H3. The van der Waals surface area contributed by atoms with Crippen LogP contribution < -0.4 is 9.46 Å². The number of ether oxygens (including phenoxy) is 1. The Morgan fingerprint density at radius 2 is 1.91 bits per heavy atom. The molecule has 1 heterocycles. The molecule has 116 valence electrons. The van der Waals surface area contributed by atoms with Crippen molar-refractivity contribution >= 4 is 10.0 Å². The minimum atomic E-state index is -3.48. The van der Waals surface area contributed by atoms with Crippen LogP contribution >= 0.6 is 0 Å². The molecule has 2 aromatic rings. The van der Waals surface area contributed by atoms with Gasteiger partial charge in [0.1, 0.15) is 5.75 Å². The molecular formula is C17H19NO3S. The molecule has 22 heavy (non-hydrogen) atoms. The predicted octanol–water partition coefficient (Wildman–Crippen LogP) is 2.80. The summed E-state index contributed by atoms with van der Waals surface area (Å²) in [6.07, 6.45) is 1.99. The van der Waals surface area contributed by atoms with Crippen LogP contribution in [0.2, 0.25) is 0 Å². The Morgan fingerprint density at radius 3 is 2.68 bits per heavy atom. The van der Waals surface area contributed by atoms with E-state index < -0.39 is 10.0 Å². The second-order valence-corrected chi connectivity index (χ2v) is 7.30. The molecule has 0 radical (unpaired) electrons. The van der Waals surface area contributed by atoms with Crippen LogP contribution in [0, 0.1) is 6.92 Å². The van der Waals surface area contributed by atoms with Crippen LogP contribution in [-0.4, -0.2) is 15.0 Å². The predicted molar refractivity (Wildman–Crippen MR) is 85.5 cm³/mol. The number of sulfonamides is 1. The molecule has 0 bridgehead atoms. The van der Waals surface area contributed by atoms with Crippen LogP contribution in [0.4, 0.5) is 0 Å². The Hall–Kier alpha value is -1.85. The maximum atomic E-state index is 12.3. The van der Waals surface area contributed by atoms with Gasteiger partial charge in [-0.15, -0.1) is 0 Å². The highest BCUT2D eigenvalue weighted by molar-refractivity contribution is 7.89. The van der Waals surface area contributed by atoms with Gasteiger partial charge in [0, 0.05) is 6.54 Å². The van der Waals surface area contributed by atoms with Gasteiger partial charge in [-0.25, -0.2) is 13.1 Å². The summed E-state index contributed by atoms with van der Waals surface area (Å²) in [4.78, 5) is 0.291. The zero-order valence-corrected chi connectivity index (χ0v) is 13.3. The van der Waals surface area contributed by atoms with Gasteiger partial charge in [-0.1, -0.05) is 29.8 Å². The maximum absolute atomic E-state index is 12.3. The number of benzene rings is 2. The summed E-state index contributed by atoms with van der Waals surface area (Å²) < 4.78 is 32.8. The molecule has 0 amide bonds. The van der Waals surface area contributed by atoms with Crippen molar-refractivity contribution in [1.82, 2.24) is 4.72 Å². The van der Waals surface area contributed by atoms with Gasteiger partial charge in [0.25, 0.3) is 0 Å². The second kappa shape index (κ2) is 6.10. The summed E-state index contributed by atoms with van der Waals surface area (Å²) in [5, 5.41) is 0. The average Bonchev–Trinajstić information content (AvgIpc) is 2.53. The molecule has 0 fully saturated rings. The normalized spacial score (nSPS) is 14.2. The smallest absolute Gasteiger partial charge is 0.240 e. The number of aryl methyl sites for hydroxylation is 2. The van der Waals surface area contributed by atoms with Crippen molar-refractivity contribution in [2.24, 2.45) is 0 Å².